The molecule has 0 N–H and O–H groups in total. The second-order valence-corrected chi connectivity index (χ2v) is 4.28. The van der Waals surface area contributed by atoms with Crippen molar-refractivity contribution in [3.8, 4) is 17.6 Å². The lowest BCUT2D eigenvalue weighted by atomic mass is 10.1. The predicted molar refractivity (Wildman–Crippen MR) is 78.4 cm³/mol. The molecule has 3 heteroatoms. The summed E-state index contributed by atoms with van der Waals surface area (Å²) in [5.41, 5.74) is 1.99. The summed E-state index contributed by atoms with van der Waals surface area (Å²) in [6.07, 6.45) is 1.39. The summed E-state index contributed by atoms with van der Waals surface area (Å²) in [4.78, 5) is 0. The van der Waals surface area contributed by atoms with Gasteiger partial charge in [0.1, 0.15) is 17.3 Å². The molecule has 0 spiro atoms. The Bertz CT molecular complexity index is 634. The molecule has 0 unspecified atom stereocenters. The van der Waals surface area contributed by atoms with Crippen LogP contribution < -0.4 is 9.47 Å². The van der Waals surface area contributed by atoms with Gasteiger partial charge in [-0.15, -0.1) is 0 Å². The van der Waals surface area contributed by atoms with Crippen LogP contribution in [0.3, 0.4) is 0 Å². The zero-order valence-corrected chi connectivity index (χ0v) is 11.5. The zero-order valence-electron chi connectivity index (χ0n) is 11.5. The lowest BCUT2D eigenvalue weighted by Crippen LogP contribution is -1.95. The van der Waals surface area contributed by atoms with Crippen LogP contribution in [-0.4, -0.2) is 7.11 Å². The number of methoxy groups -OCH3 is 1. The van der Waals surface area contributed by atoms with Crippen LogP contribution in [0.5, 0.6) is 11.5 Å². The molecule has 0 saturated carbocycles. The van der Waals surface area contributed by atoms with E-state index in [1.807, 2.05) is 61.5 Å². The summed E-state index contributed by atoms with van der Waals surface area (Å²) in [6, 6.07) is 17.1. The Morgan fingerprint density at radius 3 is 2.15 bits per heavy atom. The van der Waals surface area contributed by atoms with Gasteiger partial charge < -0.3 is 9.47 Å². The molecule has 20 heavy (non-hydrogen) atoms. The minimum Gasteiger partial charge on any atom is -0.497 e. The normalized spacial score (nSPS) is 10.8. The number of rotatable bonds is 4. The van der Waals surface area contributed by atoms with Crippen LogP contribution in [0.15, 0.2) is 54.6 Å². The number of hydrogen-bond donors (Lipinski definition) is 0. The molecule has 0 aliphatic carbocycles. The lowest BCUT2D eigenvalue weighted by Gasteiger charge is -2.10. The Morgan fingerprint density at radius 2 is 1.60 bits per heavy atom. The van der Waals surface area contributed by atoms with E-state index in [1.165, 1.54) is 6.08 Å². The van der Waals surface area contributed by atoms with Crippen molar-refractivity contribution in [2.24, 2.45) is 0 Å². The Hall–Kier alpha value is -2.73. The van der Waals surface area contributed by atoms with Crippen molar-refractivity contribution in [3.05, 3.63) is 65.7 Å². The average Bonchev–Trinajstić information content (AvgIpc) is 2.49. The molecule has 0 amide bonds. The molecular weight excluding hydrogens is 250 g/mol. The Morgan fingerprint density at radius 1 is 1.00 bits per heavy atom. The molecule has 0 aromatic heterocycles. The fourth-order valence-electron chi connectivity index (χ4n) is 1.72. The molecule has 0 bridgehead atoms. The van der Waals surface area contributed by atoms with E-state index in [2.05, 4.69) is 0 Å². The van der Waals surface area contributed by atoms with Gasteiger partial charge >= 0.3 is 0 Å². The van der Waals surface area contributed by atoms with Gasteiger partial charge in [0.05, 0.1) is 19.3 Å². The Kier molecular flexibility index (Phi) is 4.41. The molecule has 0 saturated heterocycles. The zero-order chi connectivity index (χ0) is 14.4. The van der Waals surface area contributed by atoms with Crippen LogP contribution in [0, 0.1) is 18.3 Å². The molecule has 3 nitrogen and oxygen atoms in total. The number of aryl methyl sites for hydroxylation is 1. The summed E-state index contributed by atoms with van der Waals surface area (Å²) in [5.74, 6) is 1.98. The van der Waals surface area contributed by atoms with Crippen molar-refractivity contribution in [1.29, 1.82) is 5.26 Å². The number of nitriles is 1. The van der Waals surface area contributed by atoms with E-state index in [0.29, 0.717) is 11.5 Å². The van der Waals surface area contributed by atoms with E-state index >= 15 is 0 Å². The van der Waals surface area contributed by atoms with Crippen molar-refractivity contribution < 1.29 is 9.47 Å². The van der Waals surface area contributed by atoms with Gasteiger partial charge in [0.15, 0.2) is 0 Å². The summed E-state index contributed by atoms with van der Waals surface area (Å²) in [5, 5.41) is 8.89. The van der Waals surface area contributed by atoms with Crippen molar-refractivity contribution in [3.63, 3.8) is 0 Å². The van der Waals surface area contributed by atoms with Crippen LogP contribution in [0.4, 0.5) is 0 Å². The molecule has 0 aliphatic heterocycles. The van der Waals surface area contributed by atoms with Crippen molar-refractivity contribution in [2.75, 3.05) is 7.11 Å². The first-order chi connectivity index (χ1) is 9.72. The standard InChI is InChI=1S/C17H15NO2/c1-13-3-7-16(8-4-13)20-17(11-12-18)14-5-9-15(19-2)10-6-14/h3-11H,1-2H3/b17-11+. The largest absolute Gasteiger partial charge is 0.497 e. The van der Waals surface area contributed by atoms with E-state index in [0.717, 1.165) is 16.9 Å². The van der Waals surface area contributed by atoms with Gasteiger partial charge in [-0.1, -0.05) is 17.7 Å². The lowest BCUT2D eigenvalue weighted by molar-refractivity contribution is 0.414. The smallest absolute Gasteiger partial charge is 0.145 e. The van der Waals surface area contributed by atoms with Crippen LogP contribution in [0.1, 0.15) is 11.1 Å². The van der Waals surface area contributed by atoms with Crippen LogP contribution in [-0.2, 0) is 0 Å². The summed E-state index contributed by atoms with van der Waals surface area (Å²) in [7, 11) is 1.61. The molecule has 2 rings (SSSR count). The van der Waals surface area contributed by atoms with E-state index in [1.54, 1.807) is 7.11 Å². The molecule has 0 aliphatic rings. The van der Waals surface area contributed by atoms with Crippen molar-refractivity contribution in [1.82, 2.24) is 0 Å². The highest BCUT2D eigenvalue weighted by atomic mass is 16.5. The van der Waals surface area contributed by atoms with Crippen LogP contribution in [0.25, 0.3) is 5.76 Å². The maximum atomic E-state index is 8.89. The Labute approximate surface area is 118 Å². The number of allylic oxidation sites excluding steroid dienone is 1. The second kappa shape index (κ2) is 6.44. The van der Waals surface area contributed by atoms with Gasteiger partial charge in [-0.05, 0) is 43.3 Å². The van der Waals surface area contributed by atoms with Crippen molar-refractivity contribution in [2.45, 2.75) is 6.92 Å². The average molecular weight is 265 g/mol. The van der Waals surface area contributed by atoms with Gasteiger partial charge in [-0.2, -0.15) is 5.26 Å². The van der Waals surface area contributed by atoms with E-state index in [4.69, 9.17) is 14.7 Å². The monoisotopic (exact) mass is 265 g/mol. The highest BCUT2D eigenvalue weighted by Gasteiger charge is 2.05. The minimum absolute atomic E-state index is 0.513. The number of ether oxygens (including phenoxy) is 2. The van der Waals surface area contributed by atoms with Crippen molar-refractivity contribution >= 4 is 5.76 Å². The van der Waals surface area contributed by atoms with E-state index < -0.39 is 0 Å². The minimum atomic E-state index is 0.513. The van der Waals surface area contributed by atoms with Gasteiger partial charge in [-0.25, -0.2) is 0 Å². The fraction of sp³-hybridized carbons (Fsp3) is 0.118. The third kappa shape index (κ3) is 3.39. The molecule has 100 valence electrons. The highest BCUT2D eigenvalue weighted by Crippen LogP contribution is 2.23. The molecule has 0 radical (unpaired) electrons. The van der Waals surface area contributed by atoms with Crippen LogP contribution in [0.2, 0.25) is 0 Å². The van der Waals surface area contributed by atoms with E-state index in [-0.39, 0.29) is 0 Å². The number of nitrogens with zero attached hydrogens (tertiary/aromatic N) is 1. The maximum absolute atomic E-state index is 8.89. The first kappa shape index (κ1) is 13.7. The summed E-state index contributed by atoms with van der Waals surface area (Å²) < 4.78 is 10.9. The topological polar surface area (TPSA) is 42.2 Å². The number of hydrogen-bond acceptors (Lipinski definition) is 3. The fourth-order valence-corrected chi connectivity index (χ4v) is 1.72. The maximum Gasteiger partial charge on any atom is 0.145 e. The van der Waals surface area contributed by atoms with Gasteiger partial charge in [0.2, 0.25) is 0 Å². The van der Waals surface area contributed by atoms with Gasteiger partial charge in [-0.3, -0.25) is 0 Å². The number of benzene rings is 2. The molecule has 2 aromatic carbocycles. The Balaban J connectivity index is 2.25. The first-order valence-corrected chi connectivity index (χ1v) is 6.21. The predicted octanol–water partition coefficient (Wildman–Crippen LogP) is 3.95. The second-order valence-electron chi connectivity index (χ2n) is 4.28. The molecule has 0 atom stereocenters. The quantitative estimate of drug-likeness (QED) is 0.621. The first-order valence-electron chi connectivity index (χ1n) is 6.21. The summed E-state index contributed by atoms with van der Waals surface area (Å²) >= 11 is 0. The molecule has 0 fully saturated rings. The van der Waals surface area contributed by atoms with Gasteiger partial charge in [0, 0.05) is 5.56 Å². The SMILES string of the molecule is COc1ccc(/C(=C\C#N)Oc2ccc(C)cc2)cc1. The molecule has 2 aromatic rings. The van der Waals surface area contributed by atoms with Gasteiger partial charge in [0.25, 0.3) is 0 Å². The van der Waals surface area contributed by atoms with E-state index in [9.17, 15) is 0 Å². The molecule has 0 heterocycles. The molecular formula is C17H15NO2. The third-order valence-corrected chi connectivity index (χ3v) is 2.82. The highest BCUT2D eigenvalue weighted by molar-refractivity contribution is 5.64. The van der Waals surface area contributed by atoms with Crippen LogP contribution >= 0.6 is 0 Å². The third-order valence-electron chi connectivity index (χ3n) is 2.82. The summed E-state index contributed by atoms with van der Waals surface area (Å²) in [6.45, 7) is 2.01.